The number of carbonyl (C=O) groups excluding carboxylic acids is 6. The SMILES string of the molecule is COC(=O)C1=C(C(=O)OC)SC2(S1)C(C(=O)OC)=C(C(=O)OC)SC1=C2c2cc(OC)cc3c2N(C(=O)C3=O)C1(C)C. The maximum absolute atomic E-state index is 13.6. The quantitative estimate of drug-likeness (QED) is 0.265. The van der Waals surface area contributed by atoms with Gasteiger partial charge in [-0.2, -0.15) is 0 Å². The third kappa shape index (κ3) is 3.86. The number of amides is 1. The van der Waals surface area contributed by atoms with Crippen LogP contribution in [-0.4, -0.2) is 80.7 Å². The van der Waals surface area contributed by atoms with Crippen molar-refractivity contribution in [2.24, 2.45) is 0 Å². The van der Waals surface area contributed by atoms with Crippen molar-refractivity contribution in [3.8, 4) is 5.75 Å². The first-order valence-corrected chi connectivity index (χ1v) is 14.5. The van der Waals surface area contributed by atoms with Gasteiger partial charge in [-0.25, -0.2) is 19.2 Å². The van der Waals surface area contributed by atoms with E-state index < -0.39 is 45.2 Å². The van der Waals surface area contributed by atoms with Gasteiger partial charge in [-0.05, 0) is 26.0 Å². The van der Waals surface area contributed by atoms with Crippen LogP contribution in [0.15, 0.2) is 37.3 Å². The summed E-state index contributed by atoms with van der Waals surface area (Å²) in [6.07, 6.45) is 0. The minimum absolute atomic E-state index is 0.0822. The van der Waals surface area contributed by atoms with E-state index in [1.165, 1.54) is 18.1 Å². The molecular formula is C27H23NO11S3. The second-order valence-corrected chi connectivity index (χ2v) is 13.3. The molecule has 1 aromatic carbocycles. The number of thioether (sulfide) groups is 3. The van der Waals surface area contributed by atoms with Crippen molar-refractivity contribution in [3.05, 3.63) is 48.5 Å². The highest BCUT2D eigenvalue weighted by Crippen LogP contribution is 2.71. The number of fused-ring (bicyclic) bond motifs is 2. The average molecular weight is 634 g/mol. The molecule has 0 bridgehead atoms. The Balaban J connectivity index is 1.95. The highest BCUT2D eigenvalue weighted by atomic mass is 32.2. The van der Waals surface area contributed by atoms with E-state index in [-0.39, 0.29) is 37.3 Å². The van der Waals surface area contributed by atoms with Gasteiger partial charge >= 0.3 is 23.9 Å². The van der Waals surface area contributed by atoms with Crippen LogP contribution in [-0.2, 0) is 42.9 Å². The van der Waals surface area contributed by atoms with Gasteiger partial charge in [0.15, 0.2) is 0 Å². The number of Topliss-reactive ketones (excluding diaryl/α,β-unsaturated/α-hetero) is 1. The lowest BCUT2D eigenvalue weighted by Crippen LogP contribution is -2.52. The van der Waals surface area contributed by atoms with Crippen molar-refractivity contribution in [1.82, 2.24) is 0 Å². The van der Waals surface area contributed by atoms with Crippen LogP contribution in [0.25, 0.3) is 5.57 Å². The number of methoxy groups -OCH3 is 5. The molecule has 0 N–H and O–H groups in total. The molecule has 0 aliphatic carbocycles. The van der Waals surface area contributed by atoms with E-state index in [9.17, 15) is 28.8 Å². The van der Waals surface area contributed by atoms with Crippen molar-refractivity contribution in [1.29, 1.82) is 0 Å². The van der Waals surface area contributed by atoms with Gasteiger partial charge in [-0.3, -0.25) is 14.5 Å². The van der Waals surface area contributed by atoms with Crippen LogP contribution in [0.2, 0.25) is 0 Å². The van der Waals surface area contributed by atoms with Crippen molar-refractivity contribution in [2.75, 3.05) is 40.4 Å². The van der Waals surface area contributed by atoms with Gasteiger partial charge in [0.25, 0.3) is 11.7 Å². The minimum Gasteiger partial charge on any atom is -0.497 e. The molecule has 4 aliphatic rings. The standard InChI is InChI=1S/C27H23NO11S3/c1-26(2)20-13(11-8-10(35-3)9-12-15(11)28(26)21(30)16(12)29)27(14(22(31)36-4)17(40-20)23(32)37-5)41-18(24(33)38-6)19(42-27)25(34)39-7/h8-9H,1-7H3. The molecule has 220 valence electrons. The molecule has 4 heterocycles. The van der Waals surface area contributed by atoms with Gasteiger partial charge in [0.1, 0.15) is 24.5 Å². The third-order valence-corrected chi connectivity index (χ3v) is 11.7. The van der Waals surface area contributed by atoms with E-state index in [1.807, 2.05) is 0 Å². The first-order chi connectivity index (χ1) is 19.8. The van der Waals surface area contributed by atoms with Crippen LogP contribution >= 0.6 is 35.3 Å². The highest BCUT2D eigenvalue weighted by molar-refractivity contribution is 8.26. The Labute approximate surface area is 252 Å². The van der Waals surface area contributed by atoms with Gasteiger partial charge in [0, 0.05) is 16.0 Å². The Morgan fingerprint density at radius 1 is 0.738 bits per heavy atom. The maximum Gasteiger partial charge on any atom is 0.345 e. The van der Waals surface area contributed by atoms with Crippen LogP contribution in [0, 0.1) is 0 Å². The van der Waals surface area contributed by atoms with E-state index in [0.29, 0.717) is 16.0 Å². The van der Waals surface area contributed by atoms with Gasteiger partial charge in [-0.1, -0.05) is 35.3 Å². The summed E-state index contributed by atoms with van der Waals surface area (Å²) in [7, 11) is 5.91. The summed E-state index contributed by atoms with van der Waals surface area (Å²) in [6, 6.07) is 3.05. The number of nitrogens with zero attached hydrogens (tertiary/aromatic N) is 1. The predicted molar refractivity (Wildman–Crippen MR) is 153 cm³/mol. The zero-order valence-electron chi connectivity index (χ0n) is 23.3. The lowest BCUT2D eigenvalue weighted by Gasteiger charge is -2.49. The number of hydrogen-bond acceptors (Lipinski definition) is 14. The summed E-state index contributed by atoms with van der Waals surface area (Å²) >= 11 is 2.47. The largest absolute Gasteiger partial charge is 0.497 e. The molecule has 0 radical (unpaired) electrons. The maximum atomic E-state index is 13.6. The molecule has 5 rings (SSSR count). The summed E-state index contributed by atoms with van der Waals surface area (Å²) in [5.41, 5.74) is -0.437. The Hall–Kier alpha value is -3.69. The molecule has 12 nitrogen and oxygen atoms in total. The molecule has 4 aliphatic heterocycles. The monoisotopic (exact) mass is 633 g/mol. The molecule has 0 unspecified atom stereocenters. The number of benzene rings is 1. The van der Waals surface area contributed by atoms with Gasteiger partial charge in [0.05, 0.1) is 57.9 Å². The number of ketones is 1. The van der Waals surface area contributed by atoms with E-state index in [1.54, 1.807) is 19.9 Å². The molecule has 0 saturated heterocycles. The van der Waals surface area contributed by atoms with Crippen molar-refractivity contribution in [2.45, 2.75) is 23.5 Å². The fraction of sp³-hybridized carbons (Fsp3) is 0.333. The topological polar surface area (TPSA) is 152 Å². The number of anilines is 1. The van der Waals surface area contributed by atoms with E-state index in [2.05, 4.69) is 0 Å². The summed E-state index contributed by atoms with van der Waals surface area (Å²) in [4.78, 5) is 80.9. The van der Waals surface area contributed by atoms with E-state index >= 15 is 0 Å². The van der Waals surface area contributed by atoms with Gasteiger partial charge in [-0.15, -0.1) is 0 Å². The fourth-order valence-corrected chi connectivity index (χ4v) is 10.3. The van der Waals surface area contributed by atoms with Crippen LogP contribution in [0.4, 0.5) is 5.69 Å². The molecule has 42 heavy (non-hydrogen) atoms. The predicted octanol–water partition coefficient (Wildman–Crippen LogP) is 2.81. The zero-order valence-corrected chi connectivity index (χ0v) is 25.8. The second-order valence-electron chi connectivity index (χ2n) is 9.56. The number of hydrogen-bond donors (Lipinski definition) is 0. The summed E-state index contributed by atoms with van der Waals surface area (Å²) in [6.45, 7) is 3.38. The summed E-state index contributed by atoms with van der Waals surface area (Å²) < 4.78 is 23.8. The molecule has 15 heteroatoms. The second kappa shape index (κ2) is 10.2. The Bertz CT molecular complexity index is 1610. The van der Waals surface area contributed by atoms with E-state index in [4.69, 9.17) is 23.7 Å². The zero-order chi connectivity index (χ0) is 30.9. The highest BCUT2D eigenvalue weighted by Gasteiger charge is 2.63. The molecule has 1 amide bonds. The third-order valence-electron chi connectivity index (χ3n) is 7.08. The molecule has 0 aromatic heterocycles. The number of ether oxygens (including phenoxy) is 5. The number of esters is 4. The first-order valence-electron chi connectivity index (χ1n) is 12.1. The van der Waals surface area contributed by atoms with Crippen molar-refractivity contribution < 1.29 is 52.5 Å². The Morgan fingerprint density at radius 3 is 1.74 bits per heavy atom. The van der Waals surface area contributed by atoms with Crippen LogP contribution < -0.4 is 9.64 Å². The molecule has 1 aromatic rings. The van der Waals surface area contributed by atoms with Crippen LogP contribution in [0.5, 0.6) is 5.75 Å². The van der Waals surface area contributed by atoms with Gasteiger partial charge < -0.3 is 23.7 Å². The lowest BCUT2D eigenvalue weighted by atomic mass is 9.83. The minimum atomic E-state index is -1.75. The normalized spacial score (nSPS) is 19.5. The molecule has 0 saturated carbocycles. The van der Waals surface area contributed by atoms with Crippen LogP contribution in [0.3, 0.4) is 0 Å². The molecule has 1 spiro atoms. The summed E-state index contributed by atoms with van der Waals surface area (Å²) in [5.74, 6) is -4.90. The molecular weight excluding hydrogens is 610 g/mol. The van der Waals surface area contributed by atoms with Crippen LogP contribution in [0.1, 0.15) is 29.8 Å². The molecule has 0 fully saturated rings. The van der Waals surface area contributed by atoms with E-state index in [0.717, 1.165) is 63.7 Å². The Kier molecular flexibility index (Phi) is 7.26. The van der Waals surface area contributed by atoms with Crippen molar-refractivity contribution >= 4 is 82.1 Å². The number of rotatable bonds is 5. The number of carbonyl (C=O) groups is 6. The van der Waals surface area contributed by atoms with Crippen molar-refractivity contribution in [3.63, 3.8) is 0 Å². The van der Waals surface area contributed by atoms with Gasteiger partial charge in [0.2, 0.25) is 0 Å². The molecule has 0 atom stereocenters. The Morgan fingerprint density at radius 2 is 1.24 bits per heavy atom. The average Bonchev–Trinajstić information content (AvgIpc) is 3.50. The summed E-state index contributed by atoms with van der Waals surface area (Å²) in [5, 5.41) is 0. The lowest BCUT2D eigenvalue weighted by molar-refractivity contribution is -0.138. The fourth-order valence-electron chi connectivity index (χ4n) is 5.27. The first kappa shape index (κ1) is 29.8. The smallest absolute Gasteiger partial charge is 0.345 e.